The largest absolute Gasteiger partial charge is 0.388 e. The minimum atomic E-state index is -0.813. The van der Waals surface area contributed by atoms with E-state index in [2.05, 4.69) is 30.3 Å². The van der Waals surface area contributed by atoms with Gasteiger partial charge in [0.1, 0.15) is 0 Å². The summed E-state index contributed by atoms with van der Waals surface area (Å²) in [4.78, 5) is 0. The van der Waals surface area contributed by atoms with Gasteiger partial charge in [-0.2, -0.15) is 5.26 Å². The first-order chi connectivity index (χ1) is 8.72. The molecule has 2 nitrogen and oxygen atoms in total. The first-order valence-corrected chi connectivity index (χ1v) is 6.90. The fourth-order valence-electron chi connectivity index (χ4n) is 4.14. The summed E-state index contributed by atoms with van der Waals surface area (Å²) < 4.78 is 0. The van der Waals surface area contributed by atoms with Gasteiger partial charge in [0.25, 0.3) is 0 Å². The maximum atomic E-state index is 11.0. The number of aryl methyl sites for hydroxylation is 1. The maximum absolute atomic E-state index is 11.0. The van der Waals surface area contributed by atoms with Crippen LogP contribution in [0.15, 0.2) is 24.3 Å². The number of benzene rings is 1. The van der Waals surface area contributed by atoms with Crippen LogP contribution in [0.5, 0.6) is 0 Å². The van der Waals surface area contributed by atoms with Crippen LogP contribution in [0, 0.1) is 11.3 Å². The Morgan fingerprint density at radius 1 is 1.17 bits per heavy atom. The predicted molar refractivity (Wildman–Crippen MR) is 70.1 cm³/mol. The third-order valence-electron chi connectivity index (χ3n) is 5.06. The molecule has 0 aromatic heterocycles. The molecule has 18 heavy (non-hydrogen) atoms. The van der Waals surface area contributed by atoms with Crippen LogP contribution in [0.25, 0.3) is 0 Å². The molecule has 0 aliphatic heterocycles. The normalized spacial score (nSPS) is 28.9. The van der Waals surface area contributed by atoms with Gasteiger partial charge in [-0.05, 0) is 36.8 Å². The molecular formula is C16H19NO. The second-order valence-electron chi connectivity index (χ2n) is 5.81. The van der Waals surface area contributed by atoms with Crippen molar-refractivity contribution in [3.05, 3.63) is 35.4 Å². The van der Waals surface area contributed by atoms with Crippen molar-refractivity contribution in [2.24, 2.45) is 0 Å². The van der Waals surface area contributed by atoms with E-state index in [9.17, 15) is 5.11 Å². The van der Waals surface area contributed by atoms with Gasteiger partial charge >= 0.3 is 0 Å². The van der Waals surface area contributed by atoms with Gasteiger partial charge in [-0.3, -0.25) is 0 Å². The van der Waals surface area contributed by atoms with E-state index in [0.717, 1.165) is 25.7 Å². The molecule has 1 saturated carbocycles. The Balaban J connectivity index is 2.15. The van der Waals surface area contributed by atoms with Crippen LogP contribution in [0.4, 0.5) is 0 Å². The lowest BCUT2D eigenvalue weighted by Gasteiger charge is -2.49. The first-order valence-electron chi connectivity index (χ1n) is 6.90. The minimum Gasteiger partial charge on any atom is -0.388 e. The molecule has 0 saturated heterocycles. The van der Waals surface area contributed by atoms with Crippen molar-refractivity contribution in [2.45, 2.75) is 56.0 Å². The zero-order valence-electron chi connectivity index (χ0n) is 10.7. The summed E-state index contributed by atoms with van der Waals surface area (Å²) in [5.41, 5.74) is 1.72. The topological polar surface area (TPSA) is 44.0 Å². The van der Waals surface area contributed by atoms with E-state index in [-0.39, 0.29) is 11.8 Å². The lowest BCUT2D eigenvalue weighted by atomic mass is 9.58. The molecule has 2 heteroatoms. The second kappa shape index (κ2) is 4.10. The van der Waals surface area contributed by atoms with Crippen LogP contribution in [0.2, 0.25) is 0 Å². The highest BCUT2D eigenvalue weighted by molar-refractivity contribution is 5.42. The fraction of sp³-hybridized carbons (Fsp3) is 0.562. The summed E-state index contributed by atoms with van der Waals surface area (Å²) >= 11 is 0. The molecular weight excluding hydrogens is 222 g/mol. The monoisotopic (exact) mass is 241 g/mol. The van der Waals surface area contributed by atoms with Crippen LogP contribution in [0.1, 0.15) is 49.7 Å². The van der Waals surface area contributed by atoms with Crippen molar-refractivity contribution in [1.82, 2.24) is 0 Å². The summed E-state index contributed by atoms with van der Waals surface area (Å²) in [5.74, 6) is 0. The van der Waals surface area contributed by atoms with Gasteiger partial charge in [-0.15, -0.1) is 0 Å². The van der Waals surface area contributed by atoms with Gasteiger partial charge in [0.2, 0.25) is 0 Å². The minimum absolute atomic E-state index is 0.155. The molecule has 0 bridgehead atoms. The number of hydrogen-bond acceptors (Lipinski definition) is 2. The molecule has 1 fully saturated rings. The van der Waals surface area contributed by atoms with E-state index in [4.69, 9.17) is 5.26 Å². The van der Waals surface area contributed by atoms with Gasteiger partial charge in [0, 0.05) is 5.41 Å². The number of nitriles is 1. The molecule has 2 aliphatic rings. The third-order valence-corrected chi connectivity index (χ3v) is 5.06. The van der Waals surface area contributed by atoms with Crippen molar-refractivity contribution in [2.75, 3.05) is 0 Å². The van der Waals surface area contributed by atoms with Crippen molar-refractivity contribution in [3.8, 4) is 6.07 Å². The van der Waals surface area contributed by atoms with Gasteiger partial charge in [-0.1, -0.05) is 37.1 Å². The molecule has 2 aliphatic carbocycles. The van der Waals surface area contributed by atoms with Crippen LogP contribution in [-0.2, 0) is 11.8 Å². The zero-order chi connectivity index (χ0) is 12.6. The Morgan fingerprint density at radius 3 is 2.61 bits per heavy atom. The Hall–Kier alpha value is -1.33. The molecule has 0 heterocycles. The van der Waals surface area contributed by atoms with E-state index < -0.39 is 5.60 Å². The smallest absolute Gasteiger partial charge is 0.0876 e. The highest BCUT2D eigenvalue weighted by atomic mass is 16.3. The lowest BCUT2D eigenvalue weighted by Crippen LogP contribution is -2.53. The van der Waals surface area contributed by atoms with Gasteiger partial charge in [0.05, 0.1) is 18.1 Å². The summed E-state index contributed by atoms with van der Waals surface area (Å²) in [7, 11) is 0. The molecule has 1 spiro atoms. The van der Waals surface area contributed by atoms with Crippen LogP contribution in [-0.4, -0.2) is 10.7 Å². The van der Waals surface area contributed by atoms with E-state index in [1.165, 1.54) is 24.0 Å². The summed E-state index contributed by atoms with van der Waals surface area (Å²) in [6, 6.07) is 10.7. The Kier molecular flexibility index (Phi) is 2.68. The summed E-state index contributed by atoms with van der Waals surface area (Å²) in [6.07, 6.45) is 6.30. The average molecular weight is 241 g/mol. The van der Waals surface area contributed by atoms with Crippen LogP contribution in [0.3, 0.4) is 0 Å². The molecule has 1 aromatic rings. The Labute approximate surface area is 108 Å². The molecule has 1 aromatic carbocycles. The molecule has 0 radical (unpaired) electrons. The number of rotatable bonds is 1. The van der Waals surface area contributed by atoms with Crippen LogP contribution >= 0.6 is 0 Å². The molecule has 1 unspecified atom stereocenters. The standard InChI is InChI=1S/C16H19NO/c17-12-11-16(18)10-7-13-5-1-2-6-14(13)15(16)8-3-4-9-15/h1-2,5-6,18H,3-4,7-11H2. The van der Waals surface area contributed by atoms with E-state index in [0.29, 0.717) is 0 Å². The molecule has 3 rings (SSSR count). The summed E-state index contributed by atoms with van der Waals surface area (Å²) in [6.45, 7) is 0. The molecule has 1 atom stereocenters. The van der Waals surface area contributed by atoms with E-state index >= 15 is 0 Å². The fourth-order valence-corrected chi connectivity index (χ4v) is 4.14. The van der Waals surface area contributed by atoms with Crippen molar-refractivity contribution < 1.29 is 5.11 Å². The van der Waals surface area contributed by atoms with Crippen molar-refractivity contribution >= 4 is 0 Å². The number of aliphatic hydroxyl groups is 1. The number of hydrogen-bond donors (Lipinski definition) is 1. The molecule has 94 valence electrons. The van der Waals surface area contributed by atoms with Crippen molar-refractivity contribution in [3.63, 3.8) is 0 Å². The van der Waals surface area contributed by atoms with Gasteiger partial charge in [0.15, 0.2) is 0 Å². The van der Waals surface area contributed by atoms with Gasteiger partial charge in [-0.25, -0.2) is 0 Å². The Bertz CT molecular complexity index is 496. The SMILES string of the molecule is N#CCC1(O)CCc2ccccc2C12CCCC2. The maximum Gasteiger partial charge on any atom is 0.0876 e. The third kappa shape index (κ3) is 1.44. The first kappa shape index (κ1) is 11.7. The highest BCUT2D eigenvalue weighted by Crippen LogP contribution is 2.55. The predicted octanol–water partition coefficient (Wildman–Crippen LogP) is 3.09. The quantitative estimate of drug-likeness (QED) is 0.821. The van der Waals surface area contributed by atoms with E-state index in [1.807, 2.05) is 0 Å². The Morgan fingerprint density at radius 2 is 1.89 bits per heavy atom. The lowest BCUT2D eigenvalue weighted by molar-refractivity contribution is -0.0492. The highest BCUT2D eigenvalue weighted by Gasteiger charge is 2.54. The average Bonchev–Trinajstić information content (AvgIpc) is 2.87. The summed E-state index contributed by atoms with van der Waals surface area (Å²) in [5, 5.41) is 20.1. The number of fused-ring (bicyclic) bond motifs is 2. The van der Waals surface area contributed by atoms with Crippen molar-refractivity contribution in [1.29, 1.82) is 5.26 Å². The second-order valence-corrected chi connectivity index (χ2v) is 5.81. The van der Waals surface area contributed by atoms with Crippen LogP contribution < -0.4 is 0 Å². The molecule has 0 amide bonds. The van der Waals surface area contributed by atoms with Gasteiger partial charge < -0.3 is 5.11 Å². The molecule has 1 N–H and O–H groups in total. The van der Waals surface area contributed by atoms with E-state index in [1.54, 1.807) is 0 Å². The number of nitrogens with zero attached hydrogens (tertiary/aromatic N) is 1. The zero-order valence-corrected chi connectivity index (χ0v) is 10.7.